The summed E-state index contributed by atoms with van der Waals surface area (Å²) >= 11 is 1.55. The Bertz CT molecular complexity index is 500. The molecule has 2 rings (SSSR count). The smallest absolute Gasteiger partial charge is 0.191 e. The van der Waals surface area contributed by atoms with Crippen molar-refractivity contribution in [3.05, 3.63) is 22.4 Å². The molecule has 0 bridgehead atoms. The van der Waals surface area contributed by atoms with E-state index in [9.17, 15) is 5.11 Å². The van der Waals surface area contributed by atoms with Gasteiger partial charge in [-0.1, -0.05) is 6.07 Å². The first-order valence-electron chi connectivity index (χ1n) is 9.09. The van der Waals surface area contributed by atoms with Crippen molar-refractivity contribution in [2.24, 2.45) is 4.99 Å². The SMILES string of the molecule is CCNC(=NCC(C)(O)c1cccs1)NCCCOC1CCOCC1. The summed E-state index contributed by atoms with van der Waals surface area (Å²) in [4.78, 5) is 5.45. The van der Waals surface area contributed by atoms with Crippen LogP contribution in [0.2, 0.25) is 0 Å². The second kappa shape index (κ2) is 10.8. The zero-order valence-electron chi connectivity index (χ0n) is 15.3. The Labute approximate surface area is 154 Å². The van der Waals surface area contributed by atoms with E-state index in [1.54, 1.807) is 18.3 Å². The maximum absolute atomic E-state index is 10.6. The van der Waals surface area contributed by atoms with Crippen molar-refractivity contribution in [1.82, 2.24) is 10.6 Å². The van der Waals surface area contributed by atoms with Crippen LogP contribution in [0.25, 0.3) is 0 Å². The fourth-order valence-corrected chi connectivity index (χ4v) is 3.39. The monoisotopic (exact) mass is 369 g/mol. The molecule has 1 aromatic rings. The van der Waals surface area contributed by atoms with Crippen LogP contribution >= 0.6 is 11.3 Å². The first kappa shape index (κ1) is 20.2. The molecule has 142 valence electrons. The van der Waals surface area contributed by atoms with Gasteiger partial charge >= 0.3 is 0 Å². The summed E-state index contributed by atoms with van der Waals surface area (Å²) in [5.41, 5.74) is -0.942. The highest BCUT2D eigenvalue weighted by atomic mass is 32.1. The van der Waals surface area contributed by atoms with Gasteiger partial charge in [-0.3, -0.25) is 0 Å². The molecule has 1 fully saturated rings. The molecule has 3 N–H and O–H groups in total. The molecule has 0 aromatic carbocycles. The van der Waals surface area contributed by atoms with E-state index in [0.717, 1.165) is 63.0 Å². The van der Waals surface area contributed by atoms with Gasteiger partial charge in [0.1, 0.15) is 5.60 Å². The first-order valence-corrected chi connectivity index (χ1v) is 9.97. The molecule has 1 saturated heterocycles. The molecule has 0 aliphatic carbocycles. The molecule has 1 aliphatic heterocycles. The molecule has 1 unspecified atom stereocenters. The number of thiophene rings is 1. The fourth-order valence-electron chi connectivity index (χ4n) is 2.61. The summed E-state index contributed by atoms with van der Waals surface area (Å²) in [6.07, 6.45) is 3.25. The Morgan fingerprint density at radius 3 is 2.92 bits per heavy atom. The van der Waals surface area contributed by atoms with E-state index in [1.165, 1.54) is 0 Å². The summed E-state index contributed by atoms with van der Waals surface area (Å²) in [5, 5.41) is 19.0. The minimum atomic E-state index is -0.942. The van der Waals surface area contributed by atoms with E-state index in [-0.39, 0.29) is 0 Å². The molecule has 0 saturated carbocycles. The predicted octanol–water partition coefficient (Wildman–Crippen LogP) is 2.10. The molecule has 0 radical (unpaired) electrons. The lowest BCUT2D eigenvalue weighted by Gasteiger charge is -2.22. The van der Waals surface area contributed by atoms with Gasteiger partial charge in [0, 0.05) is 37.8 Å². The molecular formula is C18H31N3O3S. The van der Waals surface area contributed by atoms with Crippen LogP contribution in [0.1, 0.15) is 38.0 Å². The normalized spacial score (nSPS) is 18.8. The molecule has 6 nitrogen and oxygen atoms in total. The van der Waals surface area contributed by atoms with Crippen LogP contribution in [0.4, 0.5) is 0 Å². The highest BCUT2D eigenvalue weighted by Crippen LogP contribution is 2.25. The fraction of sp³-hybridized carbons (Fsp3) is 0.722. The zero-order chi connectivity index (χ0) is 18.0. The molecule has 2 heterocycles. The summed E-state index contributed by atoms with van der Waals surface area (Å²) in [5.74, 6) is 0.727. The van der Waals surface area contributed by atoms with Gasteiger partial charge in [-0.15, -0.1) is 11.3 Å². The third kappa shape index (κ3) is 7.32. The second-order valence-corrected chi connectivity index (χ2v) is 7.36. The van der Waals surface area contributed by atoms with Crippen molar-refractivity contribution < 1.29 is 14.6 Å². The van der Waals surface area contributed by atoms with Crippen molar-refractivity contribution >= 4 is 17.3 Å². The number of ether oxygens (including phenoxy) is 2. The minimum Gasteiger partial charge on any atom is -0.383 e. The Morgan fingerprint density at radius 2 is 2.24 bits per heavy atom. The molecular weight excluding hydrogens is 338 g/mol. The quantitative estimate of drug-likeness (QED) is 0.353. The van der Waals surface area contributed by atoms with Crippen molar-refractivity contribution in [2.45, 2.75) is 44.8 Å². The lowest BCUT2D eigenvalue weighted by molar-refractivity contribution is -0.0320. The van der Waals surface area contributed by atoms with Gasteiger partial charge in [0.15, 0.2) is 5.96 Å². The Morgan fingerprint density at radius 1 is 1.44 bits per heavy atom. The molecule has 0 amide bonds. The van der Waals surface area contributed by atoms with Gasteiger partial charge in [0.05, 0.1) is 12.6 Å². The highest BCUT2D eigenvalue weighted by molar-refractivity contribution is 7.10. The van der Waals surface area contributed by atoms with E-state index < -0.39 is 5.60 Å². The van der Waals surface area contributed by atoms with Crippen molar-refractivity contribution in [1.29, 1.82) is 0 Å². The lowest BCUT2D eigenvalue weighted by Crippen LogP contribution is -2.39. The third-order valence-electron chi connectivity index (χ3n) is 4.08. The van der Waals surface area contributed by atoms with E-state index in [4.69, 9.17) is 9.47 Å². The van der Waals surface area contributed by atoms with Crippen molar-refractivity contribution in [3.63, 3.8) is 0 Å². The number of hydrogen-bond donors (Lipinski definition) is 3. The molecule has 1 aliphatic rings. The Kier molecular flexibility index (Phi) is 8.67. The van der Waals surface area contributed by atoms with Crippen LogP contribution in [0.5, 0.6) is 0 Å². The van der Waals surface area contributed by atoms with Crippen LogP contribution in [0.3, 0.4) is 0 Å². The highest BCUT2D eigenvalue weighted by Gasteiger charge is 2.24. The number of aliphatic imine (C=N–C) groups is 1. The topological polar surface area (TPSA) is 75.1 Å². The number of aliphatic hydroxyl groups is 1. The summed E-state index contributed by atoms with van der Waals surface area (Å²) in [7, 11) is 0. The predicted molar refractivity (Wildman–Crippen MR) is 102 cm³/mol. The number of nitrogens with one attached hydrogen (secondary N) is 2. The average Bonchev–Trinajstić information content (AvgIpc) is 3.16. The summed E-state index contributed by atoms with van der Waals surface area (Å²) in [6.45, 7) is 8.08. The molecule has 1 aromatic heterocycles. The Balaban J connectivity index is 1.70. The Hall–Kier alpha value is -1.15. The van der Waals surface area contributed by atoms with E-state index in [2.05, 4.69) is 15.6 Å². The lowest BCUT2D eigenvalue weighted by atomic mass is 10.1. The van der Waals surface area contributed by atoms with Gasteiger partial charge in [0.2, 0.25) is 0 Å². The number of nitrogens with zero attached hydrogens (tertiary/aromatic N) is 1. The molecule has 7 heteroatoms. The van der Waals surface area contributed by atoms with E-state index in [0.29, 0.717) is 12.6 Å². The summed E-state index contributed by atoms with van der Waals surface area (Å²) < 4.78 is 11.2. The summed E-state index contributed by atoms with van der Waals surface area (Å²) in [6, 6.07) is 3.88. The second-order valence-electron chi connectivity index (χ2n) is 6.41. The number of rotatable bonds is 9. The standard InChI is InChI=1S/C18H31N3O3S/c1-3-19-17(21-14-18(2,22)16-6-4-13-25-16)20-9-5-10-24-15-7-11-23-12-8-15/h4,6,13,15,22H,3,5,7-12,14H2,1-2H3,(H2,19,20,21). The van der Waals surface area contributed by atoms with Gasteiger partial charge < -0.3 is 25.2 Å². The van der Waals surface area contributed by atoms with Crippen LogP contribution in [-0.4, -0.2) is 56.6 Å². The van der Waals surface area contributed by atoms with Crippen molar-refractivity contribution in [2.75, 3.05) is 39.5 Å². The average molecular weight is 370 g/mol. The maximum Gasteiger partial charge on any atom is 0.191 e. The van der Waals surface area contributed by atoms with Crippen LogP contribution in [0.15, 0.2) is 22.5 Å². The van der Waals surface area contributed by atoms with Gasteiger partial charge in [-0.25, -0.2) is 4.99 Å². The van der Waals surface area contributed by atoms with Crippen LogP contribution in [0, 0.1) is 0 Å². The minimum absolute atomic E-state index is 0.321. The van der Waals surface area contributed by atoms with E-state index in [1.807, 2.05) is 24.4 Å². The molecule has 0 spiro atoms. The van der Waals surface area contributed by atoms with Crippen LogP contribution in [-0.2, 0) is 15.1 Å². The molecule has 1 atom stereocenters. The zero-order valence-corrected chi connectivity index (χ0v) is 16.1. The largest absolute Gasteiger partial charge is 0.383 e. The van der Waals surface area contributed by atoms with Gasteiger partial charge in [-0.2, -0.15) is 0 Å². The van der Waals surface area contributed by atoms with Gasteiger partial charge in [0.25, 0.3) is 0 Å². The molecule has 25 heavy (non-hydrogen) atoms. The number of hydrogen-bond acceptors (Lipinski definition) is 5. The number of guanidine groups is 1. The van der Waals surface area contributed by atoms with Gasteiger partial charge in [-0.05, 0) is 44.6 Å². The van der Waals surface area contributed by atoms with Crippen LogP contribution < -0.4 is 10.6 Å². The van der Waals surface area contributed by atoms with Crippen molar-refractivity contribution in [3.8, 4) is 0 Å². The van der Waals surface area contributed by atoms with E-state index >= 15 is 0 Å². The third-order valence-corrected chi connectivity index (χ3v) is 5.20. The first-order chi connectivity index (χ1) is 12.1. The maximum atomic E-state index is 10.6.